The topological polar surface area (TPSA) is 82.2 Å². The summed E-state index contributed by atoms with van der Waals surface area (Å²) in [5.74, 6) is 0.385. The van der Waals surface area contributed by atoms with Crippen molar-refractivity contribution in [3.8, 4) is 5.75 Å². The van der Waals surface area contributed by atoms with Crippen LogP contribution in [-0.4, -0.2) is 72.5 Å². The molecule has 0 aliphatic carbocycles. The Bertz CT molecular complexity index is 799. The molecule has 0 spiro atoms. The van der Waals surface area contributed by atoms with E-state index in [0.29, 0.717) is 45.6 Å². The normalized spacial score (nSPS) is 18.4. The largest absolute Gasteiger partial charge is 0.492 e. The summed E-state index contributed by atoms with van der Waals surface area (Å²) in [4.78, 5) is 43.5. The maximum Gasteiger partial charge on any atom is 0.325 e. The van der Waals surface area contributed by atoms with Crippen molar-refractivity contribution in [1.29, 1.82) is 0 Å². The number of ether oxygens (including phenoxy) is 1. The Hall–Kier alpha value is -2.77. The zero-order chi connectivity index (χ0) is 22.4. The predicted molar refractivity (Wildman–Crippen MR) is 119 cm³/mol. The summed E-state index contributed by atoms with van der Waals surface area (Å²) < 4.78 is 5.73. The van der Waals surface area contributed by atoms with E-state index in [1.807, 2.05) is 45.0 Å². The van der Waals surface area contributed by atoms with Gasteiger partial charge in [0.2, 0.25) is 5.91 Å². The molecule has 2 saturated heterocycles. The van der Waals surface area contributed by atoms with Crippen molar-refractivity contribution < 1.29 is 19.1 Å². The van der Waals surface area contributed by atoms with Crippen LogP contribution < -0.4 is 15.0 Å². The Morgan fingerprint density at radius 2 is 1.68 bits per heavy atom. The molecule has 0 atom stereocenters. The van der Waals surface area contributed by atoms with E-state index in [1.54, 1.807) is 4.90 Å². The Morgan fingerprint density at radius 3 is 2.29 bits per heavy atom. The van der Waals surface area contributed by atoms with Crippen LogP contribution in [0, 0.1) is 0 Å². The summed E-state index contributed by atoms with van der Waals surface area (Å²) in [5, 5.41) is 2.87. The summed E-state index contributed by atoms with van der Waals surface area (Å²) in [6, 6.07) is 7.45. The van der Waals surface area contributed by atoms with E-state index in [4.69, 9.17) is 4.74 Å². The first-order chi connectivity index (χ1) is 15.0. The molecule has 0 radical (unpaired) electrons. The second-order valence-electron chi connectivity index (χ2n) is 8.17. The minimum absolute atomic E-state index is 0.190. The number of carbonyl (C=O) groups excluding carboxylic acids is 3. The summed E-state index contributed by atoms with van der Waals surface area (Å²) in [5.41, 5.74) is 0.164. The number of anilines is 1. The van der Waals surface area contributed by atoms with Crippen LogP contribution in [-0.2, 0) is 9.59 Å². The number of nitrogens with zero attached hydrogens (tertiary/aromatic N) is 3. The fourth-order valence-electron chi connectivity index (χ4n) is 4.57. The van der Waals surface area contributed by atoms with Gasteiger partial charge in [-0.2, -0.15) is 0 Å². The van der Waals surface area contributed by atoms with Crippen LogP contribution in [0.4, 0.5) is 10.5 Å². The fourth-order valence-corrected chi connectivity index (χ4v) is 4.57. The molecule has 2 fully saturated rings. The maximum atomic E-state index is 13.0. The lowest BCUT2D eigenvalue weighted by Gasteiger charge is -2.37. The van der Waals surface area contributed by atoms with Crippen molar-refractivity contribution in [3.63, 3.8) is 0 Å². The lowest BCUT2D eigenvalue weighted by atomic mass is 9.88. The summed E-state index contributed by atoms with van der Waals surface area (Å²) in [7, 11) is 0. The third-order valence-electron chi connectivity index (χ3n) is 6.03. The number of benzene rings is 1. The molecule has 170 valence electrons. The van der Waals surface area contributed by atoms with E-state index in [9.17, 15) is 14.4 Å². The van der Waals surface area contributed by atoms with Crippen LogP contribution in [0.25, 0.3) is 0 Å². The summed E-state index contributed by atoms with van der Waals surface area (Å²) in [6.07, 6.45) is 2.76. The van der Waals surface area contributed by atoms with E-state index >= 15 is 0 Å². The first-order valence-corrected chi connectivity index (χ1v) is 11.3. The van der Waals surface area contributed by atoms with Gasteiger partial charge in [0.15, 0.2) is 0 Å². The van der Waals surface area contributed by atoms with Gasteiger partial charge in [-0.15, -0.1) is 0 Å². The SMILES string of the molecule is CCCC1(CCC)NC(=O)N(CC(=O)N2CCN(c3ccccc3OCC)CC2)C1=O. The number of nitrogens with one attached hydrogen (secondary N) is 1. The average Bonchev–Trinajstić information content (AvgIpc) is 2.99. The Kier molecular flexibility index (Phi) is 7.41. The van der Waals surface area contributed by atoms with Gasteiger partial charge in [0.1, 0.15) is 17.8 Å². The van der Waals surface area contributed by atoms with Gasteiger partial charge in [0.25, 0.3) is 5.91 Å². The molecule has 1 N–H and O–H groups in total. The lowest BCUT2D eigenvalue weighted by Crippen LogP contribution is -2.52. The van der Waals surface area contributed by atoms with Crippen LogP contribution in [0.15, 0.2) is 24.3 Å². The summed E-state index contributed by atoms with van der Waals surface area (Å²) >= 11 is 0. The number of piperazine rings is 1. The number of imide groups is 1. The van der Waals surface area contributed by atoms with Crippen LogP contribution in [0.5, 0.6) is 5.75 Å². The molecule has 8 nitrogen and oxygen atoms in total. The molecule has 2 heterocycles. The molecular weight excluding hydrogens is 396 g/mol. The third kappa shape index (κ3) is 4.78. The van der Waals surface area contributed by atoms with Crippen LogP contribution >= 0.6 is 0 Å². The highest BCUT2D eigenvalue weighted by molar-refractivity contribution is 6.09. The average molecular weight is 431 g/mol. The Balaban J connectivity index is 1.60. The molecule has 1 aromatic rings. The number of rotatable bonds is 9. The van der Waals surface area contributed by atoms with Gasteiger partial charge in [0.05, 0.1) is 12.3 Å². The number of hydrogen-bond acceptors (Lipinski definition) is 5. The molecule has 0 aromatic heterocycles. The van der Waals surface area contributed by atoms with E-state index in [2.05, 4.69) is 10.2 Å². The monoisotopic (exact) mass is 430 g/mol. The second kappa shape index (κ2) is 10.0. The maximum absolute atomic E-state index is 13.0. The number of carbonyl (C=O) groups is 3. The first kappa shape index (κ1) is 22.9. The molecule has 0 unspecified atom stereocenters. The van der Waals surface area contributed by atoms with Gasteiger partial charge in [-0.1, -0.05) is 38.8 Å². The predicted octanol–water partition coefficient (Wildman–Crippen LogP) is 2.62. The van der Waals surface area contributed by atoms with Gasteiger partial charge in [-0.25, -0.2) is 4.79 Å². The molecule has 4 amide bonds. The molecule has 1 aromatic carbocycles. The Labute approximate surface area is 184 Å². The smallest absolute Gasteiger partial charge is 0.325 e. The van der Waals surface area contributed by atoms with Crippen molar-refractivity contribution in [1.82, 2.24) is 15.1 Å². The molecule has 3 rings (SSSR count). The third-order valence-corrected chi connectivity index (χ3v) is 6.03. The second-order valence-corrected chi connectivity index (χ2v) is 8.17. The van der Waals surface area contributed by atoms with E-state index in [0.717, 1.165) is 29.2 Å². The minimum atomic E-state index is -0.859. The summed E-state index contributed by atoms with van der Waals surface area (Å²) in [6.45, 7) is 8.77. The molecular formula is C23H34N4O4. The molecule has 2 aliphatic heterocycles. The Morgan fingerprint density at radius 1 is 1.03 bits per heavy atom. The van der Waals surface area contributed by atoms with Crippen LogP contribution in [0.1, 0.15) is 46.5 Å². The van der Waals surface area contributed by atoms with Crippen molar-refractivity contribution >= 4 is 23.5 Å². The van der Waals surface area contributed by atoms with Crippen LogP contribution in [0.3, 0.4) is 0 Å². The van der Waals surface area contributed by atoms with Crippen molar-refractivity contribution in [2.45, 2.75) is 52.0 Å². The first-order valence-electron chi connectivity index (χ1n) is 11.3. The van der Waals surface area contributed by atoms with Gasteiger partial charge < -0.3 is 19.9 Å². The van der Waals surface area contributed by atoms with Crippen LogP contribution in [0.2, 0.25) is 0 Å². The highest BCUT2D eigenvalue weighted by atomic mass is 16.5. The molecule has 0 saturated carbocycles. The lowest BCUT2D eigenvalue weighted by molar-refractivity contribution is -0.139. The van der Waals surface area contributed by atoms with E-state index < -0.39 is 11.6 Å². The minimum Gasteiger partial charge on any atom is -0.492 e. The quantitative estimate of drug-likeness (QED) is 0.609. The zero-order valence-electron chi connectivity index (χ0n) is 18.9. The molecule has 8 heteroatoms. The standard InChI is InChI=1S/C23H34N4O4/c1-4-11-23(12-5-2)21(29)27(22(30)24-23)17-20(28)26-15-13-25(14-16-26)18-9-7-8-10-19(18)31-6-3/h7-10H,4-6,11-17H2,1-3H3,(H,24,30). The molecule has 0 bridgehead atoms. The molecule has 2 aliphatic rings. The van der Waals surface area contributed by atoms with Crippen molar-refractivity contribution in [2.24, 2.45) is 0 Å². The van der Waals surface area contributed by atoms with E-state index in [-0.39, 0.29) is 18.4 Å². The number of hydrogen-bond donors (Lipinski definition) is 1. The highest BCUT2D eigenvalue weighted by Crippen LogP contribution is 2.30. The zero-order valence-corrected chi connectivity index (χ0v) is 18.9. The van der Waals surface area contributed by atoms with Crippen molar-refractivity contribution in [2.75, 3.05) is 44.2 Å². The van der Waals surface area contributed by atoms with Gasteiger partial charge in [-0.05, 0) is 31.9 Å². The molecule has 31 heavy (non-hydrogen) atoms. The number of para-hydroxylation sites is 2. The van der Waals surface area contributed by atoms with Gasteiger partial charge >= 0.3 is 6.03 Å². The van der Waals surface area contributed by atoms with Gasteiger partial charge in [-0.3, -0.25) is 14.5 Å². The number of urea groups is 1. The van der Waals surface area contributed by atoms with E-state index in [1.165, 1.54) is 0 Å². The van der Waals surface area contributed by atoms with Crippen molar-refractivity contribution in [3.05, 3.63) is 24.3 Å². The fraction of sp³-hybridized carbons (Fsp3) is 0.609. The highest BCUT2D eigenvalue weighted by Gasteiger charge is 2.50. The van der Waals surface area contributed by atoms with Gasteiger partial charge in [0, 0.05) is 26.2 Å². The number of amides is 4.